The third-order valence-electron chi connectivity index (χ3n) is 5.91. The number of hydrogen-bond donors (Lipinski definition) is 2. The van der Waals surface area contributed by atoms with Crippen LogP contribution in [0.5, 0.6) is 0 Å². The smallest absolute Gasteiger partial charge is 0.246 e. The fraction of sp³-hybridized carbons (Fsp3) is 0.250. The zero-order chi connectivity index (χ0) is 25.9. The van der Waals surface area contributed by atoms with Crippen molar-refractivity contribution in [3.05, 3.63) is 94.8 Å². The van der Waals surface area contributed by atoms with Crippen molar-refractivity contribution < 1.29 is 17.2 Å². The number of hydrazine groups is 1. The molecule has 0 saturated carbocycles. The minimum absolute atomic E-state index is 0.0626. The summed E-state index contributed by atoms with van der Waals surface area (Å²) in [5, 5.41) is 4.66. The topological polar surface area (TPSA) is 104 Å². The first-order valence-electron chi connectivity index (χ1n) is 11.2. The Labute approximate surface area is 217 Å². The fourth-order valence-electron chi connectivity index (χ4n) is 4.05. The summed E-state index contributed by atoms with van der Waals surface area (Å²) >= 11 is 3.43. The molecule has 1 aromatic heterocycles. The van der Waals surface area contributed by atoms with Gasteiger partial charge in [0.25, 0.3) is 0 Å². The highest BCUT2D eigenvalue weighted by molar-refractivity contribution is 9.11. The molecule has 1 aromatic carbocycles. The molecule has 1 unspecified atom stereocenters. The largest absolute Gasteiger partial charge is 0.366 e. The summed E-state index contributed by atoms with van der Waals surface area (Å²) in [5.41, 5.74) is 1.55. The summed E-state index contributed by atoms with van der Waals surface area (Å²) in [6.07, 6.45) is 7.94. The average molecular weight is 579 g/mol. The molecular weight excluding hydrogens is 554 g/mol. The summed E-state index contributed by atoms with van der Waals surface area (Å²) in [4.78, 5) is 8.11. The first-order chi connectivity index (χ1) is 17.2. The van der Waals surface area contributed by atoms with Gasteiger partial charge in [0.1, 0.15) is 22.4 Å². The van der Waals surface area contributed by atoms with Crippen LogP contribution in [0.25, 0.3) is 0 Å². The number of nitrogens with two attached hydrogens (primary N) is 1. The molecule has 3 N–H and O–H groups in total. The molecule has 0 amide bonds. The van der Waals surface area contributed by atoms with E-state index < -0.39 is 26.6 Å². The van der Waals surface area contributed by atoms with Crippen LogP contribution in [-0.2, 0) is 16.6 Å². The maximum Gasteiger partial charge on any atom is 0.246 e. The molecule has 12 heteroatoms. The lowest BCUT2D eigenvalue weighted by molar-refractivity contribution is 0.309. The highest BCUT2D eigenvalue weighted by Crippen LogP contribution is 2.30. The number of aromatic nitrogens is 1. The van der Waals surface area contributed by atoms with Crippen molar-refractivity contribution in [2.45, 2.75) is 24.3 Å². The Bertz CT molecular complexity index is 1350. The lowest BCUT2D eigenvalue weighted by Crippen LogP contribution is -2.44. The number of allylic oxidation sites excluding steroid dienone is 3. The van der Waals surface area contributed by atoms with Gasteiger partial charge in [0.05, 0.1) is 10.2 Å². The van der Waals surface area contributed by atoms with Gasteiger partial charge in [0.2, 0.25) is 10.0 Å². The molecular formula is C24H25BrF2N6O2S. The van der Waals surface area contributed by atoms with Gasteiger partial charge in [-0.2, -0.15) is 4.31 Å². The van der Waals surface area contributed by atoms with Crippen LogP contribution in [0.3, 0.4) is 0 Å². The van der Waals surface area contributed by atoms with Gasteiger partial charge in [0, 0.05) is 44.0 Å². The number of sulfonamides is 1. The summed E-state index contributed by atoms with van der Waals surface area (Å²) < 4.78 is 56.1. The van der Waals surface area contributed by atoms with Gasteiger partial charge < -0.3 is 5.32 Å². The molecule has 0 bridgehead atoms. The van der Waals surface area contributed by atoms with Crippen LogP contribution in [0.1, 0.15) is 18.4 Å². The number of pyridine rings is 1. The number of halogens is 3. The molecule has 2 aliphatic heterocycles. The molecule has 0 radical (unpaired) electrons. The molecule has 8 nitrogen and oxygen atoms in total. The van der Waals surface area contributed by atoms with Gasteiger partial charge in [-0.15, -0.1) is 0 Å². The first kappa shape index (κ1) is 26.1. The van der Waals surface area contributed by atoms with Crippen molar-refractivity contribution in [2.75, 3.05) is 13.1 Å². The quantitative estimate of drug-likeness (QED) is 0.485. The van der Waals surface area contributed by atoms with Crippen molar-refractivity contribution in [2.24, 2.45) is 16.8 Å². The van der Waals surface area contributed by atoms with E-state index in [9.17, 15) is 17.2 Å². The third kappa shape index (κ3) is 5.56. The highest BCUT2D eigenvalue weighted by atomic mass is 79.9. The van der Waals surface area contributed by atoms with Gasteiger partial charge in [0.15, 0.2) is 5.82 Å². The van der Waals surface area contributed by atoms with Gasteiger partial charge in [-0.1, -0.05) is 18.7 Å². The van der Waals surface area contributed by atoms with Crippen molar-refractivity contribution in [1.29, 1.82) is 0 Å². The Balaban J connectivity index is 1.63. The van der Waals surface area contributed by atoms with E-state index in [2.05, 4.69) is 37.8 Å². The predicted octanol–water partition coefficient (Wildman–Crippen LogP) is 3.77. The van der Waals surface area contributed by atoms with E-state index in [1.165, 1.54) is 9.31 Å². The second kappa shape index (κ2) is 11.0. The van der Waals surface area contributed by atoms with Crippen molar-refractivity contribution in [3.8, 4) is 0 Å². The molecule has 3 heterocycles. The van der Waals surface area contributed by atoms with Crippen molar-refractivity contribution >= 4 is 31.7 Å². The van der Waals surface area contributed by atoms with E-state index in [4.69, 9.17) is 5.84 Å². The summed E-state index contributed by atoms with van der Waals surface area (Å²) in [7, 11) is -4.24. The first-order valence-corrected chi connectivity index (χ1v) is 13.4. The minimum Gasteiger partial charge on any atom is -0.366 e. The number of nitrogens with zero attached hydrogens (tertiary/aromatic N) is 4. The summed E-state index contributed by atoms with van der Waals surface area (Å²) in [6.45, 7) is 4.47. The highest BCUT2D eigenvalue weighted by Gasteiger charge is 2.35. The lowest BCUT2D eigenvalue weighted by atomic mass is 9.93. The Morgan fingerprint density at radius 3 is 2.86 bits per heavy atom. The SMILES string of the molecule is C=C/C(Br)=C1/N=C(C2CCCN(S(=O)(=O)c3cc(F)ccc3F)C2)C=C(NCc2cccnc2)N1N. The second-order valence-corrected chi connectivity index (χ2v) is 11.1. The molecule has 190 valence electrons. The van der Waals surface area contributed by atoms with Crippen LogP contribution in [-0.4, -0.2) is 41.5 Å². The fourth-order valence-corrected chi connectivity index (χ4v) is 5.93. The zero-order valence-electron chi connectivity index (χ0n) is 19.2. The average Bonchev–Trinajstić information content (AvgIpc) is 2.89. The zero-order valence-corrected chi connectivity index (χ0v) is 21.6. The minimum atomic E-state index is -4.24. The van der Waals surface area contributed by atoms with E-state index >= 15 is 0 Å². The van der Waals surface area contributed by atoms with E-state index in [0.717, 1.165) is 17.7 Å². The normalized spacial score (nSPS) is 20.4. The van der Waals surface area contributed by atoms with Crippen LogP contribution in [0.4, 0.5) is 8.78 Å². The molecule has 1 saturated heterocycles. The summed E-state index contributed by atoms with van der Waals surface area (Å²) in [6, 6.07) is 6.17. The number of aliphatic imine (C=N–C) groups is 1. The van der Waals surface area contributed by atoms with Crippen molar-refractivity contribution in [3.63, 3.8) is 0 Å². The Morgan fingerprint density at radius 1 is 1.33 bits per heavy atom. The molecule has 2 aliphatic rings. The number of piperidine rings is 1. The molecule has 0 spiro atoms. The maximum atomic E-state index is 14.3. The predicted molar refractivity (Wildman–Crippen MR) is 137 cm³/mol. The lowest BCUT2D eigenvalue weighted by Gasteiger charge is -2.35. The van der Waals surface area contributed by atoms with Crippen LogP contribution in [0, 0.1) is 17.6 Å². The number of rotatable bonds is 7. The number of hydrogen-bond acceptors (Lipinski definition) is 7. The monoisotopic (exact) mass is 578 g/mol. The standard InChI is InChI=1S/C24H25BrF2N6O2S/c1-2-19(25)24-31-21(12-23(33(24)28)30-14-16-5-3-9-29-13-16)17-6-4-10-32(15-17)36(34,35)22-11-18(26)7-8-20(22)27/h2-3,5,7-9,11-13,17,30H,1,4,6,10,14-15,28H2/b24-19+. The molecule has 1 fully saturated rings. The maximum absolute atomic E-state index is 14.3. The van der Waals surface area contributed by atoms with Gasteiger partial charge in [-0.05, 0) is 58.6 Å². The molecule has 36 heavy (non-hydrogen) atoms. The summed E-state index contributed by atoms with van der Waals surface area (Å²) in [5.74, 6) is 5.16. The van der Waals surface area contributed by atoms with Crippen molar-refractivity contribution in [1.82, 2.24) is 19.6 Å². The van der Waals surface area contributed by atoms with Crippen LogP contribution < -0.4 is 11.2 Å². The second-order valence-electron chi connectivity index (χ2n) is 8.30. The Morgan fingerprint density at radius 2 is 2.14 bits per heavy atom. The van der Waals surface area contributed by atoms with E-state index in [1.807, 2.05) is 12.1 Å². The van der Waals surface area contributed by atoms with E-state index in [1.54, 1.807) is 24.5 Å². The Hall–Kier alpha value is -2.93. The van der Waals surface area contributed by atoms with Gasteiger partial charge >= 0.3 is 0 Å². The van der Waals surface area contributed by atoms with Gasteiger partial charge in [-0.3, -0.25) is 4.98 Å². The number of nitrogens with one attached hydrogen (secondary N) is 1. The molecule has 0 aliphatic carbocycles. The van der Waals surface area contributed by atoms with Gasteiger partial charge in [-0.25, -0.2) is 33.0 Å². The molecule has 4 rings (SSSR count). The Kier molecular flexibility index (Phi) is 7.98. The molecule has 1 atom stereocenters. The van der Waals surface area contributed by atoms with Crippen LogP contribution in [0.2, 0.25) is 0 Å². The number of benzene rings is 1. The van der Waals surface area contributed by atoms with E-state index in [-0.39, 0.29) is 19.0 Å². The third-order valence-corrected chi connectivity index (χ3v) is 8.47. The van der Waals surface area contributed by atoms with E-state index in [0.29, 0.717) is 47.3 Å². The van der Waals surface area contributed by atoms with Crippen LogP contribution >= 0.6 is 15.9 Å². The van der Waals surface area contributed by atoms with Crippen LogP contribution in [0.15, 0.2) is 87.5 Å². The molecule has 2 aromatic rings.